The molecule has 1 N–H and O–H groups in total. The fraction of sp³-hybridized carbons (Fsp3) is 0.111. The summed E-state index contributed by atoms with van der Waals surface area (Å²) in [5, 5.41) is 8.36. The minimum atomic E-state index is -0.946. The monoisotopic (exact) mass is 163 g/mol. The summed E-state index contributed by atoms with van der Waals surface area (Å²) in [4.78, 5) is 14.2. The van der Waals surface area contributed by atoms with Gasteiger partial charge in [0.15, 0.2) is 0 Å². The SMILES string of the molecule is Cc1ncccc1/C=C\C(=O)O. The number of carboxylic acids is 1. The lowest BCUT2D eigenvalue weighted by atomic mass is 10.2. The molecule has 3 nitrogen and oxygen atoms in total. The standard InChI is InChI=1S/C9H9NO2/c1-7-8(3-2-6-10-7)4-5-9(11)12/h2-6H,1H3,(H,11,12)/b5-4-. The summed E-state index contributed by atoms with van der Waals surface area (Å²) in [6, 6.07) is 3.59. The fourth-order valence-corrected chi connectivity index (χ4v) is 0.834. The van der Waals surface area contributed by atoms with Crippen molar-refractivity contribution in [3.05, 3.63) is 35.7 Å². The van der Waals surface area contributed by atoms with Gasteiger partial charge in [-0.25, -0.2) is 4.79 Å². The van der Waals surface area contributed by atoms with Crippen molar-refractivity contribution in [1.82, 2.24) is 4.98 Å². The van der Waals surface area contributed by atoms with Gasteiger partial charge in [-0.15, -0.1) is 0 Å². The Hall–Kier alpha value is -1.64. The van der Waals surface area contributed by atoms with Gasteiger partial charge in [-0.2, -0.15) is 0 Å². The van der Waals surface area contributed by atoms with Crippen molar-refractivity contribution in [3.8, 4) is 0 Å². The van der Waals surface area contributed by atoms with Crippen molar-refractivity contribution in [1.29, 1.82) is 0 Å². The van der Waals surface area contributed by atoms with Crippen LogP contribution in [0, 0.1) is 6.92 Å². The van der Waals surface area contributed by atoms with Crippen LogP contribution in [0.25, 0.3) is 6.08 Å². The number of carboxylic acid groups (broad SMARTS) is 1. The molecule has 0 aliphatic carbocycles. The van der Waals surface area contributed by atoms with Crippen molar-refractivity contribution >= 4 is 12.0 Å². The average Bonchev–Trinajstić information content (AvgIpc) is 2.03. The molecule has 0 aromatic carbocycles. The molecule has 0 atom stereocenters. The molecule has 0 saturated heterocycles. The second kappa shape index (κ2) is 3.67. The molecular weight excluding hydrogens is 154 g/mol. The van der Waals surface area contributed by atoms with Gasteiger partial charge in [0.25, 0.3) is 0 Å². The Morgan fingerprint density at radius 1 is 1.67 bits per heavy atom. The van der Waals surface area contributed by atoms with E-state index >= 15 is 0 Å². The first-order chi connectivity index (χ1) is 5.70. The second-order valence-corrected chi connectivity index (χ2v) is 2.35. The third-order valence-electron chi connectivity index (χ3n) is 1.45. The highest BCUT2D eigenvalue weighted by Crippen LogP contribution is 2.05. The van der Waals surface area contributed by atoms with E-state index in [1.165, 1.54) is 6.08 Å². The number of aromatic nitrogens is 1. The number of rotatable bonds is 2. The number of carbonyl (C=O) groups is 1. The summed E-state index contributed by atoms with van der Waals surface area (Å²) in [5.74, 6) is -0.946. The van der Waals surface area contributed by atoms with E-state index in [0.29, 0.717) is 0 Å². The molecule has 1 aromatic rings. The highest BCUT2D eigenvalue weighted by molar-refractivity contribution is 5.85. The lowest BCUT2D eigenvalue weighted by Crippen LogP contribution is -1.88. The summed E-state index contributed by atoms with van der Waals surface area (Å²) in [5.41, 5.74) is 1.66. The van der Waals surface area contributed by atoms with Crippen LogP contribution in [0.15, 0.2) is 24.4 Å². The van der Waals surface area contributed by atoms with Crippen LogP contribution in [-0.4, -0.2) is 16.1 Å². The van der Waals surface area contributed by atoms with Crippen LogP contribution in [0.5, 0.6) is 0 Å². The lowest BCUT2D eigenvalue weighted by Gasteiger charge is -1.95. The zero-order valence-electron chi connectivity index (χ0n) is 6.69. The van der Waals surface area contributed by atoms with E-state index in [0.717, 1.165) is 17.3 Å². The maximum absolute atomic E-state index is 10.2. The van der Waals surface area contributed by atoms with Crippen LogP contribution in [0.2, 0.25) is 0 Å². The summed E-state index contributed by atoms with van der Waals surface area (Å²) < 4.78 is 0. The van der Waals surface area contributed by atoms with E-state index in [-0.39, 0.29) is 0 Å². The predicted octanol–water partition coefficient (Wildman–Crippen LogP) is 1.49. The smallest absolute Gasteiger partial charge is 0.328 e. The second-order valence-electron chi connectivity index (χ2n) is 2.35. The lowest BCUT2D eigenvalue weighted by molar-refractivity contribution is -0.131. The molecule has 62 valence electrons. The minimum Gasteiger partial charge on any atom is -0.478 e. The molecule has 0 radical (unpaired) electrons. The van der Waals surface area contributed by atoms with Gasteiger partial charge in [0.2, 0.25) is 0 Å². The van der Waals surface area contributed by atoms with E-state index < -0.39 is 5.97 Å². The quantitative estimate of drug-likeness (QED) is 0.672. The van der Waals surface area contributed by atoms with E-state index in [9.17, 15) is 4.79 Å². The molecule has 1 heterocycles. The molecule has 1 rings (SSSR count). The minimum absolute atomic E-state index is 0.829. The van der Waals surface area contributed by atoms with Crippen LogP contribution in [0.4, 0.5) is 0 Å². The molecule has 0 saturated carbocycles. The number of aliphatic carboxylic acids is 1. The topological polar surface area (TPSA) is 50.2 Å². The van der Waals surface area contributed by atoms with E-state index in [4.69, 9.17) is 5.11 Å². The molecule has 12 heavy (non-hydrogen) atoms. The summed E-state index contributed by atoms with van der Waals surface area (Å²) in [7, 11) is 0. The normalized spacial score (nSPS) is 10.4. The largest absolute Gasteiger partial charge is 0.478 e. The van der Waals surface area contributed by atoms with E-state index in [1.807, 2.05) is 13.0 Å². The number of nitrogens with zero attached hydrogens (tertiary/aromatic N) is 1. The molecule has 3 heteroatoms. The van der Waals surface area contributed by atoms with Crippen LogP contribution in [0.1, 0.15) is 11.3 Å². The first kappa shape index (κ1) is 8.46. The van der Waals surface area contributed by atoms with Crippen LogP contribution in [-0.2, 0) is 4.79 Å². The molecule has 0 bridgehead atoms. The van der Waals surface area contributed by atoms with E-state index in [1.54, 1.807) is 12.3 Å². The van der Waals surface area contributed by atoms with Gasteiger partial charge < -0.3 is 5.11 Å². The highest BCUT2D eigenvalue weighted by Gasteiger charge is 1.93. The maximum atomic E-state index is 10.2. The molecule has 0 amide bonds. The van der Waals surface area contributed by atoms with Gasteiger partial charge in [-0.3, -0.25) is 4.98 Å². The molecule has 0 aliphatic rings. The van der Waals surface area contributed by atoms with Crippen molar-refractivity contribution < 1.29 is 9.90 Å². The van der Waals surface area contributed by atoms with Gasteiger partial charge in [0, 0.05) is 18.0 Å². The summed E-state index contributed by atoms with van der Waals surface area (Å²) in [6.45, 7) is 1.83. The Labute approximate surface area is 70.4 Å². The predicted molar refractivity (Wildman–Crippen MR) is 45.6 cm³/mol. The van der Waals surface area contributed by atoms with Crippen molar-refractivity contribution in [2.45, 2.75) is 6.92 Å². The molecule has 1 aromatic heterocycles. The van der Waals surface area contributed by atoms with Crippen molar-refractivity contribution in [3.63, 3.8) is 0 Å². The van der Waals surface area contributed by atoms with E-state index in [2.05, 4.69) is 4.98 Å². The number of pyridine rings is 1. The molecule has 0 spiro atoms. The van der Waals surface area contributed by atoms with Crippen LogP contribution < -0.4 is 0 Å². The van der Waals surface area contributed by atoms with Crippen molar-refractivity contribution in [2.24, 2.45) is 0 Å². The molecular formula is C9H9NO2. The Kier molecular flexibility index (Phi) is 2.58. The highest BCUT2D eigenvalue weighted by atomic mass is 16.4. The third-order valence-corrected chi connectivity index (χ3v) is 1.45. The fourth-order valence-electron chi connectivity index (χ4n) is 0.834. The Bertz CT molecular complexity index is 318. The zero-order valence-corrected chi connectivity index (χ0v) is 6.69. The Balaban J connectivity index is 2.89. The first-order valence-corrected chi connectivity index (χ1v) is 3.53. The Morgan fingerprint density at radius 2 is 2.42 bits per heavy atom. The molecule has 0 fully saturated rings. The Morgan fingerprint density at radius 3 is 3.00 bits per heavy atom. The first-order valence-electron chi connectivity index (χ1n) is 3.53. The number of aryl methyl sites for hydroxylation is 1. The number of hydrogen-bond donors (Lipinski definition) is 1. The van der Waals surface area contributed by atoms with Crippen LogP contribution in [0.3, 0.4) is 0 Å². The zero-order chi connectivity index (χ0) is 8.97. The van der Waals surface area contributed by atoms with Crippen molar-refractivity contribution in [2.75, 3.05) is 0 Å². The average molecular weight is 163 g/mol. The van der Waals surface area contributed by atoms with Crippen LogP contribution >= 0.6 is 0 Å². The summed E-state index contributed by atoms with van der Waals surface area (Å²) >= 11 is 0. The summed E-state index contributed by atoms with van der Waals surface area (Å²) in [6.07, 6.45) is 4.31. The van der Waals surface area contributed by atoms with Gasteiger partial charge in [-0.05, 0) is 24.6 Å². The van der Waals surface area contributed by atoms with Gasteiger partial charge in [0.1, 0.15) is 0 Å². The van der Waals surface area contributed by atoms with Gasteiger partial charge in [0.05, 0.1) is 0 Å². The number of hydrogen-bond acceptors (Lipinski definition) is 2. The van der Waals surface area contributed by atoms with Gasteiger partial charge >= 0.3 is 5.97 Å². The van der Waals surface area contributed by atoms with Gasteiger partial charge in [-0.1, -0.05) is 6.07 Å². The molecule has 0 aliphatic heterocycles. The maximum Gasteiger partial charge on any atom is 0.328 e. The molecule has 0 unspecified atom stereocenters. The third kappa shape index (κ3) is 2.20.